The van der Waals surface area contributed by atoms with Crippen molar-refractivity contribution in [3.63, 3.8) is 0 Å². The fourth-order valence-electron chi connectivity index (χ4n) is 2.67. The number of halogens is 1. The molecule has 2 rings (SSSR count). The number of hydrogen-bond acceptors (Lipinski definition) is 2. The predicted molar refractivity (Wildman–Crippen MR) is 72.9 cm³/mol. The van der Waals surface area contributed by atoms with Crippen molar-refractivity contribution in [2.75, 3.05) is 0 Å². The standard InChI is InChI=1S/C15H21FN2O/c1-10(11-5-7-12(16)8-6-11)18-14(19)15(2)9-3-4-13(15)17/h5-8,10,13H,3-4,9,17H2,1-2H3,(H,18,19)/t10-,13?,15?/m0/s1. The summed E-state index contributed by atoms with van der Waals surface area (Å²) in [5.41, 5.74) is 6.45. The van der Waals surface area contributed by atoms with Gasteiger partial charge in [-0.1, -0.05) is 18.6 Å². The topological polar surface area (TPSA) is 55.1 Å². The second-order valence-electron chi connectivity index (χ2n) is 5.66. The first-order valence-electron chi connectivity index (χ1n) is 6.75. The molecule has 1 aromatic carbocycles. The number of amides is 1. The van der Waals surface area contributed by atoms with Crippen molar-refractivity contribution in [1.82, 2.24) is 5.32 Å². The highest BCUT2D eigenvalue weighted by atomic mass is 19.1. The van der Waals surface area contributed by atoms with Gasteiger partial charge in [-0.2, -0.15) is 0 Å². The van der Waals surface area contributed by atoms with Crippen LogP contribution in [0.15, 0.2) is 24.3 Å². The van der Waals surface area contributed by atoms with Gasteiger partial charge in [0.1, 0.15) is 5.82 Å². The number of carbonyl (C=O) groups excluding carboxylic acids is 1. The van der Waals surface area contributed by atoms with Crippen LogP contribution in [0.1, 0.15) is 44.7 Å². The zero-order valence-electron chi connectivity index (χ0n) is 11.4. The zero-order valence-corrected chi connectivity index (χ0v) is 11.4. The van der Waals surface area contributed by atoms with Crippen LogP contribution in [0, 0.1) is 11.2 Å². The van der Waals surface area contributed by atoms with Crippen molar-refractivity contribution >= 4 is 5.91 Å². The maximum absolute atomic E-state index is 12.9. The Labute approximate surface area is 113 Å². The molecule has 0 radical (unpaired) electrons. The molecule has 4 heteroatoms. The molecule has 0 spiro atoms. The minimum Gasteiger partial charge on any atom is -0.349 e. The monoisotopic (exact) mass is 264 g/mol. The number of nitrogens with two attached hydrogens (primary N) is 1. The van der Waals surface area contributed by atoms with Crippen molar-refractivity contribution in [2.24, 2.45) is 11.1 Å². The summed E-state index contributed by atoms with van der Waals surface area (Å²) in [6.45, 7) is 3.83. The van der Waals surface area contributed by atoms with Gasteiger partial charge < -0.3 is 11.1 Å². The van der Waals surface area contributed by atoms with Gasteiger partial charge in [-0.3, -0.25) is 4.79 Å². The Morgan fingerprint density at radius 1 is 1.47 bits per heavy atom. The maximum atomic E-state index is 12.9. The molecular formula is C15H21FN2O. The first-order valence-corrected chi connectivity index (χ1v) is 6.75. The van der Waals surface area contributed by atoms with Crippen molar-refractivity contribution in [1.29, 1.82) is 0 Å². The summed E-state index contributed by atoms with van der Waals surface area (Å²) in [6.07, 6.45) is 2.72. The molecule has 19 heavy (non-hydrogen) atoms. The van der Waals surface area contributed by atoms with Crippen LogP contribution >= 0.6 is 0 Å². The molecule has 1 aliphatic rings. The van der Waals surface area contributed by atoms with Crippen LogP contribution in [-0.4, -0.2) is 11.9 Å². The van der Waals surface area contributed by atoms with E-state index in [1.807, 2.05) is 13.8 Å². The minimum atomic E-state index is -0.478. The third kappa shape index (κ3) is 2.78. The van der Waals surface area contributed by atoms with Crippen LogP contribution < -0.4 is 11.1 Å². The molecule has 1 amide bonds. The molecule has 0 heterocycles. The number of rotatable bonds is 3. The van der Waals surface area contributed by atoms with Crippen LogP contribution in [0.2, 0.25) is 0 Å². The van der Waals surface area contributed by atoms with E-state index in [2.05, 4.69) is 5.32 Å². The van der Waals surface area contributed by atoms with Gasteiger partial charge in [0, 0.05) is 6.04 Å². The van der Waals surface area contributed by atoms with Gasteiger partial charge in [0.2, 0.25) is 5.91 Å². The third-order valence-electron chi connectivity index (χ3n) is 4.27. The van der Waals surface area contributed by atoms with Gasteiger partial charge >= 0.3 is 0 Å². The van der Waals surface area contributed by atoms with Crippen molar-refractivity contribution < 1.29 is 9.18 Å². The lowest BCUT2D eigenvalue weighted by Crippen LogP contribution is -2.47. The Morgan fingerprint density at radius 3 is 2.63 bits per heavy atom. The molecule has 3 nitrogen and oxygen atoms in total. The Balaban J connectivity index is 2.04. The summed E-state index contributed by atoms with van der Waals surface area (Å²) >= 11 is 0. The van der Waals surface area contributed by atoms with Crippen molar-refractivity contribution in [3.05, 3.63) is 35.6 Å². The fourth-order valence-corrected chi connectivity index (χ4v) is 2.67. The van der Waals surface area contributed by atoms with Gasteiger partial charge in [-0.15, -0.1) is 0 Å². The lowest BCUT2D eigenvalue weighted by atomic mass is 9.84. The minimum absolute atomic E-state index is 0.00525. The van der Waals surface area contributed by atoms with E-state index in [-0.39, 0.29) is 23.8 Å². The average Bonchev–Trinajstić information content (AvgIpc) is 2.71. The molecular weight excluding hydrogens is 243 g/mol. The van der Waals surface area contributed by atoms with E-state index in [0.717, 1.165) is 24.8 Å². The highest BCUT2D eigenvalue weighted by Gasteiger charge is 2.43. The summed E-state index contributed by atoms with van der Waals surface area (Å²) in [5, 5.41) is 2.99. The van der Waals surface area contributed by atoms with E-state index < -0.39 is 5.41 Å². The molecule has 0 bridgehead atoms. The van der Waals surface area contributed by atoms with E-state index in [9.17, 15) is 9.18 Å². The normalized spacial score (nSPS) is 28.1. The highest BCUT2D eigenvalue weighted by Crippen LogP contribution is 2.37. The molecule has 3 atom stereocenters. The zero-order chi connectivity index (χ0) is 14.0. The lowest BCUT2D eigenvalue weighted by Gasteiger charge is -2.29. The number of benzene rings is 1. The third-order valence-corrected chi connectivity index (χ3v) is 4.27. The van der Waals surface area contributed by atoms with E-state index >= 15 is 0 Å². The van der Waals surface area contributed by atoms with Crippen LogP contribution in [0.5, 0.6) is 0 Å². The predicted octanol–water partition coefficient (Wildman–Crippen LogP) is 2.52. The molecule has 0 saturated heterocycles. The second kappa shape index (κ2) is 5.29. The molecule has 1 saturated carbocycles. The summed E-state index contributed by atoms with van der Waals surface area (Å²) in [6, 6.07) is 5.97. The Hall–Kier alpha value is -1.42. The van der Waals surface area contributed by atoms with Crippen molar-refractivity contribution in [2.45, 2.75) is 45.2 Å². The molecule has 1 fully saturated rings. The summed E-state index contributed by atoms with van der Waals surface area (Å²) in [7, 11) is 0. The summed E-state index contributed by atoms with van der Waals surface area (Å²) in [5.74, 6) is -0.277. The molecule has 104 valence electrons. The molecule has 0 aromatic heterocycles. The SMILES string of the molecule is C[C@H](NC(=O)C1(C)CCCC1N)c1ccc(F)cc1. The van der Waals surface area contributed by atoms with Crippen LogP contribution in [0.25, 0.3) is 0 Å². The van der Waals surface area contributed by atoms with E-state index in [1.54, 1.807) is 12.1 Å². The van der Waals surface area contributed by atoms with Gasteiger partial charge in [0.25, 0.3) is 0 Å². The van der Waals surface area contributed by atoms with E-state index in [4.69, 9.17) is 5.73 Å². The number of carbonyl (C=O) groups is 1. The Morgan fingerprint density at radius 2 is 2.11 bits per heavy atom. The van der Waals surface area contributed by atoms with Crippen LogP contribution in [-0.2, 0) is 4.79 Å². The van der Waals surface area contributed by atoms with E-state index in [0.29, 0.717) is 0 Å². The van der Waals surface area contributed by atoms with Crippen LogP contribution in [0.3, 0.4) is 0 Å². The largest absolute Gasteiger partial charge is 0.349 e. The van der Waals surface area contributed by atoms with Crippen LogP contribution in [0.4, 0.5) is 4.39 Å². The smallest absolute Gasteiger partial charge is 0.227 e. The fraction of sp³-hybridized carbons (Fsp3) is 0.533. The van der Waals surface area contributed by atoms with Gasteiger partial charge in [-0.25, -0.2) is 4.39 Å². The quantitative estimate of drug-likeness (QED) is 0.881. The first-order chi connectivity index (χ1) is 8.93. The lowest BCUT2D eigenvalue weighted by molar-refractivity contribution is -0.131. The van der Waals surface area contributed by atoms with Crippen molar-refractivity contribution in [3.8, 4) is 0 Å². The maximum Gasteiger partial charge on any atom is 0.227 e. The molecule has 2 unspecified atom stereocenters. The average molecular weight is 264 g/mol. The van der Waals surface area contributed by atoms with Gasteiger partial charge in [-0.05, 0) is 44.4 Å². The summed E-state index contributed by atoms with van der Waals surface area (Å²) < 4.78 is 12.9. The first kappa shape index (κ1) is 14.0. The van der Waals surface area contributed by atoms with Gasteiger partial charge in [0.05, 0.1) is 11.5 Å². The summed E-state index contributed by atoms with van der Waals surface area (Å²) in [4.78, 5) is 12.4. The van der Waals surface area contributed by atoms with E-state index in [1.165, 1.54) is 12.1 Å². The number of hydrogen-bond donors (Lipinski definition) is 2. The number of nitrogens with one attached hydrogen (secondary N) is 1. The highest BCUT2D eigenvalue weighted by molar-refractivity contribution is 5.83. The Kier molecular flexibility index (Phi) is 3.90. The Bertz CT molecular complexity index is 460. The second-order valence-corrected chi connectivity index (χ2v) is 5.66. The molecule has 1 aliphatic carbocycles. The molecule has 1 aromatic rings. The van der Waals surface area contributed by atoms with Gasteiger partial charge in [0.15, 0.2) is 0 Å². The molecule has 3 N–H and O–H groups in total. The molecule has 0 aliphatic heterocycles.